The van der Waals surface area contributed by atoms with E-state index in [9.17, 15) is 105 Å². The summed E-state index contributed by atoms with van der Waals surface area (Å²) in [5.74, 6) is 0. The SMILES string of the molecule is CC[N+](CC)(CC)CC.FC(F)(F)c1cc([B-](c2cc(C(F)(F)F)cc(C(F)(F)F)c2)(c2cc(C(F)(F)F)cc(C(F)(F)F)c2)c2cc(C(F)(F)F)cc(C(F)(F)F)c2)cc(C(F)(F)F)c1. The molecule has 4 aromatic rings. The van der Waals surface area contributed by atoms with Crippen molar-refractivity contribution in [1.82, 2.24) is 0 Å². The van der Waals surface area contributed by atoms with Crippen LogP contribution in [0.25, 0.3) is 0 Å². The van der Waals surface area contributed by atoms with Crippen LogP contribution in [0.3, 0.4) is 0 Å². The van der Waals surface area contributed by atoms with Crippen molar-refractivity contribution >= 4 is 28.0 Å². The highest BCUT2D eigenvalue weighted by Crippen LogP contribution is 2.41. The largest absolute Gasteiger partial charge is 0.416 e. The summed E-state index contributed by atoms with van der Waals surface area (Å²) in [5.41, 5.74) is -30.2. The summed E-state index contributed by atoms with van der Waals surface area (Å²) >= 11 is 0. The van der Waals surface area contributed by atoms with Crippen LogP contribution in [0.1, 0.15) is 72.2 Å². The number of benzene rings is 4. The second-order valence-corrected chi connectivity index (χ2v) is 14.8. The average Bonchev–Trinajstić information content (AvgIpc) is 3.16. The Hall–Kier alpha value is -4.78. The Kier molecular flexibility index (Phi) is 15.5. The topological polar surface area (TPSA) is 0 Å². The lowest BCUT2D eigenvalue weighted by molar-refractivity contribution is -0.921. The lowest BCUT2D eigenvalue weighted by atomic mass is 9.12. The first-order valence-corrected chi connectivity index (χ1v) is 18.7. The van der Waals surface area contributed by atoms with Crippen LogP contribution >= 0.6 is 0 Å². The normalized spacial score (nSPS) is 14.0. The third-order valence-corrected chi connectivity index (χ3v) is 11.1. The highest BCUT2D eigenvalue weighted by atomic mass is 19.4. The van der Waals surface area contributed by atoms with Gasteiger partial charge in [-0.25, -0.2) is 0 Å². The monoisotopic (exact) mass is 993 g/mol. The summed E-state index contributed by atoms with van der Waals surface area (Å²) in [6.45, 7) is 14.2. The fraction of sp³-hybridized carbons (Fsp3) is 0.400. The van der Waals surface area contributed by atoms with E-state index in [1.807, 2.05) is 0 Å². The Bertz CT molecular complexity index is 1860. The Morgan fingerprint density at radius 3 is 0.455 bits per heavy atom. The Balaban J connectivity index is 0.00000116. The zero-order valence-electron chi connectivity index (χ0n) is 33.9. The Morgan fingerprint density at radius 1 is 0.258 bits per heavy atom. The summed E-state index contributed by atoms with van der Waals surface area (Å²) in [6, 6.07) is -8.81. The minimum Gasteiger partial charge on any atom is -0.325 e. The van der Waals surface area contributed by atoms with E-state index in [-0.39, 0.29) is 0 Å². The van der Waals surface area contributed by atoms with Gasteiger partial charge in [0.05, 0.1) is 70.7 Å². The number of alkyl halides is 24. The number of hydrogen-bond donors (Lipinski definition) is 0. The first kappa shape index (κ1) is 55.6. The zero-order chi connectivity index (χ0) is 51.2. The molecule has 1 nitrogen and oxygen atoms in total. The van der Waals surface area contributed by atoms with Crippen molar-refractivity contribution in [2.45, 2.75) is 77.1 Å². The maximum Gasteiger partial charge on any atom is 0.416 e. The van der Waals surface area contributed by atoms with Gasteiger partial charge in [0, 0.05) is 0 Å². The van der Waals surface area contributed by atoms with Gasteiger partial charge in [0.15, 0.2) is 0 Å². The highest BCUT2D eigenvalue weighted by molar-refractivity contribution is 7.20. The molecule has 0 N–H and O–H groups in total. The van der Waals surface area contributed by atoms with Crippen LogP contribution in [0.5, 0.6) is 0 Å². The standard InChI is InChI=1S/C32H12BF24.C8H20N/c34-25(35,36)13-1-14(26(37,38)39)6-21(5-13)33(22-7-15(27(40,41)42)2-16(8-22)28(43,44)45,23-9-17(29(46,47)48)3-18(10-23)30(49,50)51)24-11-19(31(52,53)54)4-20(12-24)32(55,56)57;1-5-9(6-2,7-3)8-4/h1-12H;5-8H2,1-4H3/q-1;+1. The van der Waals surface area contributed by atoms with Gasteiger partial charge in [-0.3, -0.25) is 0 Å². The van der Waals surface area contributed by atoms with Crippen molar-refractivity contribution in [2.75, 3.05) is 26.2 Å². The maximum atomic E-state index is 14.2. The quantitative estimate of drug-likeness (QED) is 0.0938. The van der Waals surface area contributed by atoms with Crippen LogP contribution in [0.15, 0.2) is 72.8 Å². The van der Waals surface area contributed by atoms with E-state index in [0.717, 1.165) is 0 Å². The predicted molar refractivity (Wildman–Crippen MR) is 192 cm³/mol. The predicted octanol–water partition coefficient (Wildman–Crippen LogP) is 13.1. The first-order chi connectivity index (χ1) is 29.5. The van der Waals surface area contributed by atoms with Gasteiger partial charge in [0.1, 0.15) is 6.15 Å². The molecule has 0 aliphatic carbocycles. The Labute approximate surface area is 358 Å². The fourth-order valence-corrected chi connectivity index (χ4v) is 7.41. The summed E-state index contributed by atoms with van der Waals surface area (Å²) in [6.07, 6.45) is -54.8. The number of rotatable bonds is 8. The number of nitrogens with zero attached hydrogens (tertiary/aromatic N) is 1. The third kappa shape index (κ3) is 12.4. The maximum absolute atomic E-state index is 14.2. The van der Waals surface area contributed by atoms with E-state index in [0.29, 0.717) is 0 Å². The van der Waals surface area contributed by atoms with E-state index >= 15 is 0 Å². The molecule has 0 heterocycles. The summed E-state index contributed by atoms with van der Waals surface area (Å²) < 4.78 is 342. The van der Waals surface area contributed by atoms with Crippen molar-refractivity contribution in [1.29, 1.82) is 0 Å². The van der Waals surface area contributed by atoms with Crippen molar-refractivity contribution in [3.05, 3.63) is 117 Å². The van der Waals surface area contributed by atoms with Crippen LogP contribution in [-0.2, 0) is 49.4 Å². The number of hydrogen-bond acceptors (Lipinski definition) is 0. The molecule has 0 amide bonds. The third-order valence-electron chi connectivity index (χ3n) is 11.1. The molecule has 26 heteroatoms. The lowest BCUT2D eigenvalue weighted by Gasteiger charge is -2.46. The minimum absolute atomic E-state index is 0.691. The van der Waals surface area contributed by atoms with Crippen molar-refractivity contribution in [2.24, 2.45) is 0 Å². The molecule has 0 saturated heterocycles. The van der Waals surface area contributed by atoms with E-state index in [4.69, 9.17) is 0 Å². The van der Waals surface area contributed by atoms with Crippen LogP contribution in [0, 0.1) is 0 Å². The molecule has 0 atom stereocenters. The summed E-state index contributed by atoms with van der Waals surface area (Å²) in [4.78, 5) is 0. The molecule has 4 aromatic carbocycles. The van der Waals surface area contributed by atoms with E-state index in [2.05, 4.69) is 27.7 Å². The molecule has 4 rings (SSSR count). The van der Waals surface area contributed by atoms with Gasteiger partial charge < -0.3 is 4.48 Å². The van der Waals surface area contributed by atoms with Crippen molar-refractivity contribution < 1.29 is 110 Å². The van der Waals surface area contributed by atoms with Crippen LogP contribution in [-0.4, -0.2) is 36.8 Å². The van der Waals surface area contributed by atoms with Crippen molar-refractivity contribution in [3.63, 3.8) is 0 Å². The van der Waals surface area contributed by atoms with Gasteiger partial charge in [0.25, 0.3) is 0 Å². The Morgan fingerprint density at radius 2 is 0.379 bits per heavy atom. The van der Waals surface area contributed by atoms with Gasteiger partial charge >= 0.3 is 49.4 Å². The van der Waals surface area contributed by atoms with Gasteiger partial charge in [0.2, 0.25) is 0 Å². The second kappa shape index (κ2) is 18.4. The molecule has 0 saturated carbocycles. The molecular formula is C40H32BF24N. The number of halogens is 24. The van der Waals surface area contributed by atoms with E-state index in [1.165, 1.54) is 30.7 Å². The van der Waals surface area contributed by atoms with Crippen LogP contribution in [0.2, 0.25) is 0 Å². The van der Waals surface area contributed by atoms with E-state index < -0.39 is 195 Å². The lowest BCUT2D eigenvalue weighted by Crippen LogP contribution is -2.75. The molecular weight excluding hydrogens is 961 g/mol. The van der Waals surface area contributed by atoms with Gasteiger partial charge in [-0.05, 0) is 52.0 Å². The molecule has 66 heavy (non-hydrogen) atoms. The second-order valence-electron chi connectivity index (χ2n) is 14.8. The molecule has 0 unspecified atom stereocenters. The summed E-state index contributed by atoms with van der Waals surface area (Å²) in [5, 5.41) is 0. The smallest absolute Gasteiger partial charge is 0.325 e. The summed E-state index contributed by atoms with van der Waals surface area (Å²) in [7, 11) is 0. The van der Waals surface area contributed by atoms with Crippen LogP contribution in [0.4, 0.5) is 105 Å². The fourth-order valence-electron chi connectivity index (χ4n) is 7.41. The first-order valence-electron chi connectivity index (χ1n) is 18.7. The molecule has 0 radical (unpaired) electrons. The molecule has 0 aromatic heterocycles. The molecule has 0 aliphatic rings. The number of quaternary nitrogens is 1. The van der Waals surface area contributed by atoms with Gasteiger partial charge in [-0.15, -0.1) is 0 Å². The molecule has 0 spiro atoms. The minimum atomic E-state index is -6.13. The van der Waals surface area contributed by atoms with E-state index in [1.54, 1.807) is 0 Å². The molecule has 368 valence electrons. The highest BCUT2D eigenvalue weighted by Gasteiger charge is 2.47. The molecule has 0 fully saturated rings. The van der Waals surface area contributed by atoms with Gasteiger partial charge in [-0.2, -0.15) is 127 Å². The van der Waals surface area contributed by atoms with Crippen molar-refractivity contribution in [3.8, 4) is 0 Å². The molecule has 0 aliphatic heterocycles. The van der Waals surface area contributed by atoms with Gasteiger partial charge in [-0.1, -0.05) is 48.5 Å². The molecule has 0 bridgehead atoms. The van der Waals surface area contributed by atoms with Crippen LogP contribution < -0.4 is 21.9 Å². The zero-order valence-corrected chi connectivity index (χ0v) is 33.9. The average molecular weight is 993 g/mol.